The van der Waals surface area contributed by atoms with Gasteiger partial charge >= 0.3 is 0 Å². The Labute approximate surface area is 141 Å². The van der Waals surface area contributed by atoms with Crippen LogP contribution in [-0.2, 0) is 12.8 Å². The topological polar surface area (TPSA) is 60.8 Å². The fraction of sp³-hybridized carbons (Fsp3) is 0.176. The van der Waals surface area contributed by atoms with Crippen molar-refractivity contribution in [2.75, 3.05) is 0 Å². The molecule has 1 aliphatic rings. The summed E-state index contributed by atoms with van der Waals surface area (Å²) < 4.78 is 6.88. The highest BCUT2D eigenvalue weighted by Crippen LogP contribution is 2.33. The molecule has 0 saturated heterocycles. The Hall–Kier alpha value is -2.34. The zero-order valence-corrected chi connectivity index (χ0v) is 13.8. The van der Waals surface area contributed by atoms with E-state index in [4.69, 9.17) is 9.72 Å². The van der Waals surface area contributed by atoms with Crippen molar-refractivity contribution in [2.24, 2.45) is 0 Å². The number of rotatable bonds is 3. The van der Waals surface area contributed by atoms with Crippen LogP contribution in [0.1, 0.15) is 17.7 Å². The van der Waals surface area contributed by atoms with Gasteiger partial charge in [-0.15, -0.1) is 0 Å². The van der Waals surface area contributed by atoms with Crippen molar-refractivity contribution in [3.8, 4) is 23.0 Å². The van der Waals surface area contributed by atoms with E-state index in [0.717, 1.165) is 40.6 Å². The quantitative estimate of drug-likeness (QED) is 0.699. The van der Waals surface area contributed by atoms with Crippen LogP contribution >= 0.6 is 15.9 Å². The summed E-state index contributed by atoms with van der Waals surface area (Å²) in [5, 5.41) is 0. The van der Waals surface area contributed by atoms with Crippen LogP contribution in [0.5, 0.6) is 11.6 Å². The minimum absolute atomic E-state index is 0.624. The van der Waals surface area contributed by atoms with E-state index in [9.17, 15) is 0 Å². The molecule has 3 aromatic rings. The summed E-state index contributed by atoms with van der Waals surface area (Å²) in [5.41, 5.74) is 3.11. The Kier molecular flexibility index (Phi) is 3.75. The fourth-order valence-electron chi connectivity index (χ4n) is 2.67. The molecule has 3 aromatic heterocycles. The summed E-state index contributed by atoms with van der Waals surface area (Å²) in [6.07, 6.45) is 9.87. The van der Waals surface area contributed by atoms with Gasteiger partial charge in [0.15, 0.2) is 5.82 Å². The van der Waals surface area contributed by atoms with E-state index >= 15 is 0 Å². The average molecular weight is 369 g/mol. The molecule has 114 valence electrons. The highest BCUT2D eigenvalue weighted by molar-refractivity contribution is 9.10. The zero-order valence-electron chi connectivity index (χ0n) is 12.2. The van der Waals surface area contributed by atoms with E-state index in [1.807, 2.05) is 18.2 Å². The van der Waals surface area contributed by atoms with E-state index in [2.05, 4.69) is 30.9 Å². The Morgan fingerprint density at radius 3 is 2.70 bits per heavy atom. The molecule has 6 heteroatoms. The number of fused-ring (bicyclic) bond motifs is 1. The second kappa shape index (κ2) is 6.04. The third-order valence-electron chi connectivity index (χ3n) is 3.73. The molecule has 1 aliphatic carbocycles. The molecule has 0 amide bonds. The SMILES string of the molecule is Brc1cncc(Oc2nc(-c3ccncc3)nc3c2CCC3)c1. The second-order valence-electron chi connectivity index (χ2n) is 5.31. The van der Waals surface area contributed by atoms with Crippen molar-refractivity contribution < 1.29 is 4.74 Å². The maximum atomic E-state index is 6.00. The predicted octanol–water partition coefficient (Wildman–Crippen LogP) is 3.98. The lowest BCUT2D eigenvalue weighted by Crippen LogP contribution is -2.01. The molecule has 0 aromatic carbocycles. The van der Waals surface area contributed by atoms with Gasteiger partial charge in [-0.1, -0.05) is 0 Å². The summed E-state index contributed by atoms with van der Waals surface area (Å²) in [6, 6.07) is 5.69. The summed E-state index contributed by atoms with van der Waals surface area (Å²) >= 11 is 3.41. The van der Waals surface area contributed by atoms with Crippen LogP contribution in [0.4, 0.5) is 0 Å². The maximum Gasteiger partial charge on any atom is 0.226 e. The van der Waals surface area contributed by atoms with Crippen molar-refractivity contribution in [2.45, 2.75) is 19.3 Å². The van der Waals surface area contributed by atoms with Crippen molar-refractivity contribution in [1.29, 1.82) is 0 Å². The summed E-state index contributed by atoms with van der Waals surface area (Å²) in [6.45, 7) is 0. The number of pyridine rings is 2. The first-order chi connectivity index (χ1) is 11.3. The van der Waals surface area contributed by atoms with E-state index in [-0.39, 0.29) is 0 Å². The monoisotopic (exact) mass is 368 g/mol. The van der Waals surface area contributed by atoms with Gasteiger partial charge in [-0.25, -0.2) is 4.98 Å². The molecule has 0 unspecified atom stereocenters. The first-order valence-corrected chi connectivity index (χ1v) is 8.17. The summed E-state index contributed by atoms with van der Waals surface area (Å²) in [7, 11) is 0. The molecule has 0 bridgehead atoms. The number of aromatic nitrogens is 4. The van der Waals surface area contributed by atoms with Crippen LogP contribution in [0.15, 0.2) is 47.5 Å². The maximum absolute atomic E-state index is 6.00. The number of aryl methyl sites for hydroxylation is 1. The van der Waals surface area contributed by atoms with E-state index in [1.165, 1.54) is 0 Å². The largest absolute Gasteiger partial charge is 0.437 e. The fourth-order valence-corrected chi connectivity index (χ4v) is 3.02. The van der Waals surface area contributed by atoms with Gasteiger partial charge in [-0.3, -0.25) is 9.97 Å². The number of nitrogens with zero attached hydrogens (tertiary/aromatic N) is 4. The van der Waals surface area contributed by atoms with Crippen LogP contribution in [0, 0.1) is 0 Å². The molecule has 0 atom stereocenters. The van der Waals surface area contributed by atoms with E-state index in [0.29, 0.717) is 17.5 Å². The molecule has 3 heterocycles. The summed E-state index contributed by atoms with van der Waals surface area (Å²) in [5.74, 6) is 1.96. The first-order valence-electron chi connectivity index (χ1n) is 7.38. The van der Waals surface area contributed by atoms with Crippen molar-refractivity contribution in [3.63, 3.8) is 0 Å². The molecule has 4 rings (SSSR count). The Bertz CT molecular complexity index is 854. The molecule has 0 saturated carbocycles. The lowest BCUT2D eigenvalue weighted by molar-refractivity contribution is 0.454. The second-order valence-corrected chi connectivity index (χ2v) is 6.22. The Balaban J connectivity index is 1.78. The number of hydrogen-bond acceptors (Lipinski definition) is 5. The summed E-state index contributed by atoms with van der Waals surface area (Å²) in [4.78, 5) is 17.5. The van der Waals surface area contributed by atoms with E-state index in [1.54, 1.807) is 24.8 Å². The van der Waals surface area contributed by atoms with Gasteiger partial charge in [-0.05, 0) is 53.4 Å². The van der Waals surface area contributed by atoms with Crippen LogP contribution in [0.25, 0.3) is 11.4 Å². The van der Waals surface area contributed by atoms with Gasteiger partial charge in [0.1, 0.15) is 5.75 Å². The number of ether oxygens (including phenoxy) is 1. The Morgan fingerprint density at radius 1 is 1.00 bits per heavy atom. The lowest BCUT2D eigenvalue weighted by Gasteiger charge is -2.11. The van der Waals surface area contributed by atoms with Gasteiger partial charge in [0.2, 0.25) is 5.88 Å². The molecule has 0 fully saturated rings. The molecule has 23 heavy (non-hydrogen) atoms. The lowest BCUT2D eigenvalue weighted by atomic mass is 10.2. The van der Waals surface area contributed by atoms with Crippen molar-refractivity contribution >= 4 is 15.9 Å². The molecular formula is C17H13BrN4O. The van der Waals surface area contributed by atoms with Gasteiger partial charge in [0, 0.05) is 34.2 Å². The van der Waals surface area contributed by atoms with E-state index < -0.39 is 0 Å². The van der Waals surface area contributed by atoms with Crippen LogP contribution < -0.4 is 4.74 Å². The predicted molar refractivity (Wildman–Crippen MR) is 89.3 cm³/mol. The van der Waals surface area contributed by atoms with Gasteiger partial charge in [0.25, 0.3) is 0 Å². The minimum Gasteiger partial charge on any atom is -0.437 e. The zero-order chi connectivity index (χ0) is 15.6. The minimum atomic E-state index is 0.624. The Morgan fingerprint density at radius 2 is 1.87 bits per heavy atom. The highest BCUT2D eigenvalue weighted by Gasteiger charge is 2.21. The molecule has 0 spiro atoms. The van der Waals surface area contributed by atoms with Gasteiger partial charge in [0.05, 0.1) is 11.9 Å². The van der Waals surface area contributed by atoms with Crippen molar-refractivity contribution in [1.82, 2.24) is 19.9 Å². The third kappa shape index (κ3) is 2.94. The van der Waals surface area contributed by atoms with Crippen LogP contribution in [0.3, 0.4) is 0 Å². The number of hydrogen-bond donors (Lipinski definition) is 0. The standard InChI is InChI=1S/C17H13BrN4O/c18-12-8-13(10-20-9-12)23-17-14-2-1-3-15(14)21-16(22-17)11-4-6-19-7-5-11/h4-10H,1-3H2. The van der Waals surface area contributed by atoms with Gasteiger partial charge in [-0.2, -0.15) is 4.98 Å². The van der Waals surface area contributed by atoms with Crippen LogP contribution in [-0.4, -0.2) is 19.9 Å². The molecular weight excluding hydrogens is 356 g/mol. The molecule has 0 radical (unpaired) electrons. The molecule has 5 nitrogen and oxygen atoms in total. The van der Waals surface area contributed by atoms with Crippen molar-refractivity contribution in [3.05, 3.63) is 58.7 Å². The highest BCUT2D eigenvalue weighted by atomic mass is 79.9. The molecule has 0 aliphatic heterocycles. The van der Waals surface area contributed by atoms with Gasteiger partial charge < -0.3 is 4.74 Å². The first kappa shape index (κ1) is 14.3. The number of halogens is 1. The smallest absolute Gasteiger partial charge is 0.226 e. The normalized spacial score (nSPS) is 12.9. The average Bonchev–Trinajstić information content (AvgIpc) is 3.04. The molecule has 0 N–H and O–H groups in total. The third-order valence-corrected chi connectivity index (χ3v) is 4.16. The van der Waals surface area contributed by atoms with Crippen LogP contribution in [0.2, 0.25) is 0 Å².